The van der Waals surface area contributed by atoms with E-state index in [-0.39, 0.29) is 17.1 Å². The Balaban J connectivity index is 2.99. The molecule has 1 aromatic carbocycles. The summed E-state index contributed by atoms with van der Waals surface area (Å²) in [5, 5.41) is 0. The van der Waals surface area contributed by atoms with E-state index in [0.717, 1.165) is 0 Å². The molecule has 0 aliphatic heterocycles. The minimum Gasteiger partial charge on any atom is -0.460 e. The van der Waals surface area contributed by atoms with Crippen LogP contribution in [0.25, 0.3) is 0 Å². The minimum absolute atomic E-state index is 0.112. The average molecular weight is 321 g/mol. The first-order chi connectivity index (χ1) is 9.27. The molecule has 0 atom stereocenters. The van der Waals surface area contributed by atoms with Gasteiger partial charge in [0.1, 0.15) is 6.61 Å². The smallest absolute Gasteiger partial charge is 0.338 e. The van der Waals surface area contributed by atoms with Gasteiger partial charge in [-0.3, -0.25) is 0 Å². The third-order valence-electron chi connectivity index (χ3n) is 2.81. The molecule has 0 saturated carbocycles. The molecule has 0 spiro atoms. The Labute approximate surface area is 123 Å². The number of halogens is 1. The minimum atomic E-state index is -3.89. The fourth-order valence-corrected chi connectivity index (χ4v) is 2.44. The lowest BCUT2D eigenvalue weighted by Gasteiger charge is -2.11. The molecule has 112 valence electrons. The van der Waals surface area contributed by atoms with Gasteiger partial charge >= 0.3 is 5.97 Å². The van der Waals surface area contributed by atoms with Gasteiger partial charge in [0, 0.05) is 17.3 Å². The fraction of sp³-hybridized carbons (Fsp3) is 0.462. The van der Waals surface area contributed by atoms with Crippen molar-refractivity contribution < 1.29 is 22.7 Å². The average Bonchev–Trinajstić information content (AvgIpc) is 2.36. The van der Waals surface area contributed by atoms with E-state index >= 15 is 0 Å². The van der Waals surface area contributed by atoms with Crippen LogP contribution >= 0.6 is 10.7 Å². The maximum Gasteiger partial charge on any atom is 0.338 e. The van der Waals surface area contributed by atoms with Gasteiger partial charge < -0.3 is 9.47 Å². The molecule has 1 aromatic rings. The van der Waals surface area contributed by atoms with E-state index in [1.54, 1.807) is 13.8 Å². The zero-order chi connectivity index (χ0) is 15.3. The predicted octanol–water partition coefficient (Wildman–Crippen LogP) is 2.42. The summed E-state index contributed by atoms with van der Waals surface area (Å²) < 4.78 is 32.8. The van der Waals surface area contributed by atoms with Gasteiger partial charge in [0.05, 0.1) is 17.1 Å². The quantitative estimate of drug-likeness (QED) is 0.457. The molecule has 5 nitrogen and oxygen atoms in total. The van der Waals surface area contributed by atoms with Crippen LogP contribution in [-0.2, 0) is 18.5 Å². The third kappa shape index (κ3) is 4.47. The number of rotatable bonds is 6. The van der Waals surface area contributed by atoms with E-state index in [9.17, 15) is 13.2 Å². The van der Waals surface area contributed by atoms with Crippen LogP contribution in [0.3, 0.4) is 0 Å². The summed E-state index contributed by atoms with van der Waals surface area (Å²) in [5.41, 5.74) is 1.51. The summed E-state index contributed by atoms with van der Waals surface area (Å²) in [6, 6.07) is 2.66. The third-order valence-corrected chi connectivity index (χ3v) is 4.14. The van der Waals surface area contributed by atoms with Gasteiger partial charge in [0.25, 0.3) is 9.05 Å². The van der Waals surface area contributed by atoms with Crippen LogP contribution in [0.2, 0.25) is 0 Å². The molecule has 0 aliphatic carbocycles. The lowest BCUT2D eigenvalue weighted by Crippen LogP contribution is -2.13. The molecule has 0 saturated heterocycles. The maximum atomic E-state index is 11.9. The highest BCUT2D eigenvalue weighted by Gasteiger charge is 2.18. The van der Waals surface area contributed by atoms with Gasteiger partial charge in [-0.25, -0.2) is 13.2 Å². The largest absolute Gasteiger partial charge is 0.460 e. The molecule has 20 heavy (non-hydrogen) atoms. The second-order valence-electron chi connectivity index (χ2n) is 4.18. The summed E-state index contributed by atoms with van der Waals surface area (Å²) in [5.74, 6) is -0.590. The Morgan fingerprint density at radius 2 is 1.90 bits per heavy atom. The SMILES string of the molecule is CCOCCOC(=O)c1cc(S(=O)(=O)Cl)cc(C)c1C. The van der Waals surface area contributed by atoms with Crippen molar-refractivity contribution in [3.05, 3.63) is 28.8 Å². The highest BCUT2D eigenvalue weighted by molar-refractivity contribution is 8.13. The lowest BCUT2D eigenvalue weighted by atomic mass is 10.0. The van der Waals surface area contributed by atoms with Gasteiger partial charge in [-0.05, 0) is 44.0 Å². The van der Waals surface area contributed by atoms with Gasteiger partial charge in [0.2, 0.25) is 0 Å². The topological polar surface area (TPSA) is 69.7 Å². The van der Waals surface area contributed by atoms with E-state index in [0.29, 0.717) is 24.3 Å². The second kappa shape index (κ2) is 7.06. The molecule has 0 radical (unpaired) electrons. The van der Waals surface area contributed by atoms with Crippen molar-refractivity contribution in [1.82, 2.24) is 0 Å². The zero-order valence-corrected chi connectivity index (χ0v) is 13.2. The van der Waals surface area contributed by atoms with Crippen molar-refractivity contribution in [2.24, 2.45) is 0 Å². The Bertz CT molecular complexity index is 595. The molecule has 0 aromatic heterocycles. The van der Waals surface area contributed by atoms with Crippen molar-refractivity contribution in [2.75, 3.05) is 19.8 Å². The highest BCUT2D eigenvalue weighted by atomic mass is 35.7. The lowest BCUT2D eigenvalue weighted by molar-refractivity contribution is 0.0334. The van der Waals surface area contributed by atoms with Crippen LogP contribution in [0.1, 0.15) is 28.4 Å². The molecule has 0 fully saturated rings. The van der Waals surface area contributed by atoms with Gasteiger partial charge in [-0.1, -0.05) is 0 Å². The molecule has 0 unspecified atom stereocenters. The van der Waals surface area contributed by atoms with E-state index in [1.807, 2.05) is 6.92 Å². The molecule has 0 aliphatic rings. The Morgan fingerprint density at radius 1 is 1.25 bits per heavy atom. The Morgan fingerprint density at radius 3 is 2.45 bits per heavy atom. The number of ether oxygens (including phenoxy) is 2. The van der Waals surface area contributed by atoms with Gasteiger partial charge in [-0.15, -0.1) is 0 Å². The van der Waals surface area contributed by atoms with Crippen molar-refractivity contribution in [3.8, 4) is 0 Å². The van der Waals surface area contributed by atoms with Crippen LogP contribution in [0.15, 0.2) is 17.0 Å². The highest BCUT2D eigenvalue weighted by Crippen LogP contribution is 2.23. The standard InChI is InChI=1S/C13H17ClO5S/c1-4-18-5-6-19-13(15)12-8-11(20(14,16)17)7-9(2)10(12)3/h7-8H,4-6H2,1-3H3. The van der Waals surface area contributed by atoms with Crippen LogP contribution in [0.5, 0.6) is 0 Å². The van der Waals surface area contributed by atoms with Crippen LogP contribution in [0, 0.1) is 13.8 Å². The molecular formula is C13H17ClO5S. The van der Waals surface area contributed by atoms with Gasteiger partial charge in [0.15, 0.2) is 0 Å². The van der Waals surface area contributed by atoms with Crippen molar-refractivity contribution in [3.63, 3.8) is 0 Å². The molecule has 0 amide bonds. The summed E-state index contributed by atoms with van der Waals surface area (Å²) in [6.07, 6.45) is 0. The van der Waals surface area contributed by atoms with Crippen LogP contribution in [-0.4, -0.2) is 34.2 Å². The fourth-order valence-electron chi connectivity index (χ4n) is 1.59. The molecular weight excluding hydrogens is 304 g/mol. The molecule has 1 rings (SSSR count). The number of esters is 1. The second-order valence-corrected chi connectivity index (χ2v) is 6.75. The number of hydrogen-bond donors (Lipinski definition) is 0. The first-order valence-corrected chi connectivity index (χ1v) is 8.39. The Hall–Kier alpha value is -1.11. The van der Waals surface area contributed by atoms with Crippen molar-refractivity contribution in [1.29, 1.82) is 0 Å². The predicted molar refractivity (Wildman–Crippen MR) is 75.7 cm³/mol. The summed E-state index contributed by atoms with van der Waals surface area (Å²) in [7, 11) is 1.42. The number of hydrogen-bond acceptors (Lipinski definition) is 5. The zero-order valence-electron chi connectivity index (χ0n) is 11.6. The summed E-state index contributed by atoms with van der Waals surface area (Å²) in [4.78, 5) is 11.8. The normalized spacial score (nSPS) is 11.4. The van der Waals surface area contributed by atoms with Crippen molar-refractivity contribution in [2.45, 2.75) is 25.7 Å². The molecule has 0 heterocycles. The van der Waals surface area contributed by atoms with E-state index in [4.69, 9.17) is 20.2 Å². The van der Waals surface area contributed by atoms with Gasteiger partial charge in [-0.2, -0.15) is 0 Å². The number of aryl methyl sites for hydroxylation is 1. The summed E-state index contributed by atoms with van der Waals surface area (Å²) in [6.45, 7) is 6.22. The number of carbonyl (C=O) groups is 1. The van der Waals surface area contributed by atoms with E-state index in [1.165, 1.54) is 12.1 Å². The number of benzene rings is 1. The van der Waals surface area contributed by atoms with E-state index < -0.39 is 15.0 Å². The van der Waals surface area contributed by atoms with E-state index in [2.05, 4.69) is 0 Å². The maximum absolute atomic E-state index is 11.9. The first-order valence-electron chi connectivity index (χ1n) is 6.08. The van der Waals surface area contributed by atoms with Crippen molar-refractivity contribution >= 4 is 25.7 Å². The summed E-state index contributed by atoms with van der Waals surface area (Å²) >= 11 is 0. The first kappa shape index (κ1) is 16.9. The van der Waals surface area contributed by atoms with Crippen LogP contribution in [0.4, 0.5) is 0 Å². The Kier molecular flexibility index (Phi) is 5.98. The monoisotopic (exact) mass is 320 g/mol. The molecule has 0 bridgehead atoms. The number of carbonyl (C=O) groups excluding carboxylic acids is 1. The molecule has 7 heteroatoms. The van der Waals surface area contributed by atoms with Crippen LogP contribution < -0.4 is 0 Å². The molecule has 0 N–H and O–H groups in total.